The molecular weight excluding hydrogens is 386 g/mol. The van der Waals surface area contributed by atoms with Crippen molar-refractivity contribution in [2.24, 2.45) is 0 Å². The van der Waals surface area contributed by atoms with Crippen LogP contribution in [0.15, 0.2) is 30.5 Å². The van der Waals surface area contributed by atoms with Crippen molar-refractivity contribution in [3.05, 3.63) is 40.7 Å². The van der Waals surface area contributed by atoms with Gasteiger partial charge in [-0.05, 0) is 59.9 Å². The monoisotopic (exact) mass is 419 g/mol. The zero-order valence-corrected chi connectivity index (χ0v) is 19.2. The summed E-state index contributed by atoms with van der Waals surface area (Å²) in [7, 11) is 0. The van der Waals surface area contributed by atoms with Crippen LogP contribution >= 0.6 is 12.2 Å². The standard InChI is InChI=1S/C23H33NO4S/c1-14-8-9-16-15(12-14)10-11-24(21(16)29)20-18(25)19(28-23(5,6)7)17(27-20)13-26-22(2,3)4/h8-12,17-20,25H,13H2,1-7H3/t17-,18+,19?,20-/m1/s1. The molecule has 0 spiro atoms. The Morgan fingerprint density at radius 2 is 1.79 bits per heavy atom. The Bertz CT molecular complexity index is 925. The van der Waals surface area contributed by atoms with Crippen molar-refractivity contribution >= 4 is 23.0 Å². The summed E-state index contributed by atoms with van der Waals surface area (Å²) in [6, 6.07) is 8.17. The van der Waals surface area contributed by atoms with Crippen LogP contribution in [0, 0.1) is 11.6 Å². The van der Waals surface area contributed by atoms with Crippen LogP contribution in [0.25, 0.3) is 10.8 Å². The number of hydrogen-bond donors (Lipinski definition) is 1. The van der Waals surface area contributed by atoms with E-state index in [2.05, 4.69) is 13.0 Å². The molecule has 6 heteroatoms. The molecule has 0 radical (unpaired) electrons. The number of aromatic nitrogens is 1. The second-order valence-corrected chi connectivity index (χ2v) is 10.2. The first-order valence-corrected chi connectivity index (χ1v) is 10.5. The number of benzene rings is 1. The molecule has 1 aliphatic rings. The second kappa shape index (κ2) is 8.08. The molecule has 2 heterocycles. The number of nitrogens with zero attached hydrogens (tertiary/aromatic N) is 1. The summed E-state index contributed by atoms with van der Waals surface area (Å²) in [4.78, 5) is 0. The van der Waals surface area contributed by atoms with Gasteiger partial charge in [0, 0.05) is 11.6 Å². The van der Waals surface area contributed by atoms with E-state index in [1.165, 1.54) is 5.56 Å². The molecular formula is C23H33NO4S. The quantitative estimate of drug-likeness (QED) is 0.712. The molecule has 1 aromatic heterocycles. The Morgan fingerprint density at radius 3 is 2.41 bits per heavy atom. The molecule has 1 saturated heterocycles. The van der Waals surface area contributed by atoms with E-state index < -0.39 is 30.1 Å². The number of pyridine rings is 1. The Morgan fingerprint density at radius 1 is 1.10 bits per heavy atom. The van der Waals surface area contributed by atoms with E-state index in [0.717, 1.165) is 10.8 Å². The molecule has 0 aliphatic carbocycles. The van der Waals surface area contributed by atoms with E-state index in [1.54, 1.807) is 0 Å². The molecule has 29 heavy (non-hydrogen) atoms. The molecule has 1 aromatic carbocycles. The molecule has 0 bridgehead atoms. The molecule has 1 fully saturated rings. The number of fused-ring (bicyclic) bond motifs is 1. The number of aliphatic hydroxyl groups excluding tert-OH is 1. The lowest BCUT2D eigenvalue weighted by Crippen LogP contribution is -2.42. The minimum absolute atomic E-state index is 0.310. The third kappa shape index (κ3) is 5.25. The maximum Gasteiger partial charge on any atom is 0.163 e. The van der Waals surface area contributed by atoms with E-state index in [4.69, 9.17) is 26.4 Å². The molecule has 3 rings (SSSR count). The first kappa shape index (κ1) is 22.4. The summed E-state index contributed by atoms with van der Waals surface area (Å²) in [5.74, 6) is 0. The van der Waals surface area contributed by atoms with Gasteiger partial charge in [-0.3, -0.25) is 0 Å². The van der Waals surface area contributed by atoms with Crippen LogP contribution in [0.2, 0.25) is 0 Å². The summed E-state index contributed by atoms with van der Waals surface area (Å²) < 4.78 is 20.9. The average molecular weight is 420 g/mol. The van der Waals surface area contributed by atoms with Gasteiger partial charge < -0.3 is 23.9 Å². The zero-order chi connectivity index (χ0) is 21.6. The minimum atomic E-state index is -0.864. The molecule has 1 unspecified atom stereocenters. The Labute approximate surface area is 178 Å². The summed E-state index contributed by atoms with van der Waals surface area (Å²) >= 11 is 5.74. The van der Waals surface area contributed by atoms with Gasteiger partial charge in [-0.15, -0.1) is 0 Å². The third-order valence-electron chi connectivity index (χ3n) is 4.84. The summed E-state index contributed by atoms with van der Waals surface area (Å²) in [5.41, 5.74) is 0.446. The summed E-state index contributed by atoms with van der Waals surface area (Å²) in [6.07, 6.45) is -0.521. The highest BCUT2D eigenvalue weighted by molar-refractivity contribution is 7.71. The lowest BCUT2D eigenvalue weighted by molar-refractivity contribution is -0.138. The van der Waals surface area contributed by atoms with Crippen molar-refractivity contribution in [3.63, 3.8) is 0 Å². The third-order valence-corrected chi connectivity index (χ3v) is 5.27. The van der Waals surface area contributed by atoms with Gasteiger partial charge in [0.2, 0.25) is 0 Å². The number of hydrogen-bond acceptors (Lipinski definition) is 5. The Balaban J connectivity index is 1.95. The SMILES string of the molecule is Cc1ccc2c(=S)n([C@@H]3O[C@H](COC(C)(C)C)C(OC(C)(C)C)[C@@H]3O)ccc2c1. The number of rotatable bonds is 4. The van der Waals surface area contributed by atoms with Gasteiger partial charge in [-0.1, -0.05) is 36.0 Å². The number of ether oxygens (including phenoxy) is 3. The van der Waals surface area contributed by atoms with Crippen LogP contribution < -0.4 is 0 Å². The second-order valence-electron chi connectivity index (χ2n) is 9.79. The van der Waals surface area contributed by atoms with Gasteiger partial charge in [0.05, 0.1) is 17.8 Å². The van der Waals surface area contributed by atoms with Crippen LogP contribution in [0.1, 0.15) is 53.3 Å². The molecule has 1 aliphatic heterocycles. The average Bonchev–Trinajstić information content (AvgIpc) is 2.87. The summed E-state index contributed by atoms with van der Waals surface area (Å²) in [6.45, 7) is 14.3. The van der Waals surface area contributed by atoms with E-state index in [1.807, 2.05) is 70.5 Å². The fourth-order valence-electron chi connectivity index (χ4n) is 3.55. The smallest absolute Gasteiger partial charge is 0.163 e. The highest BCUT2D eigenvalue weighted by Gasteiger charge is 2.47. The normalized spacial score (nSPS) is 25.7. The van der Waals surface area contributed by atoms with Crippen LogP contribution in [-0.2, 0) is 14.2 Å². The first-order valence-electron chi connectivity index (χ1n) is 10.1. The van der Waals surface area contributed by atoms with Gasteiger partial charge in [-0.2, -0.15) is 0 Å². The van der Waals surface area contributed by atoms with Crippen molar-refractivity contribution in [2.45, 2.75) is 84.2 Å². The van der Waals surface area contributed by atoms with Crippen LogP contribution in [-0.4, -0.2) is 45.8 Å². The maximum absolute atomic E-state index is 11.1. The fraction of sp³-hybridized carbons (Fsp3) is 0.609. The lowest BCUT2D eigenvalue weighted by Gasteiger charge is -2.30. The minimum Gasteiger partial charge on any atom is -0.386 e. The molecule has 0 saturated carbocycles. The van der Waals surface area contributed by atoms with Crippen molar-refractivity contribution in [1.29, 1.82) is 0 Å². The molecule has 160 valence electrons. The van der Waals surface area contributed by atoms with Crippen molar-refractivity contribution in [2.75, 3.05) is 6.61 Å². The predicted molar refractivity (Wildman–Crippen MR) is 118 cm³/mol. The Kier molecular flexibility index (Phi) is 6.23. The van der Waals surface area contributed by atoms with E-state index >= 15 is 0 Å². The maximum atomic E-state index is 11.1. The molecule has 2 aromatic rings. The van der Waals surface area contributed by atoms with Crippen LogP contribution in [0.4, 0.5) is 0 Å². The van der Waals surface area contributed by atoms with Gasteiger partial charge in [0.25, 0.3) is 0 Å². The summed E-state index contributed by atoms with van der Waals surface area (Å²) in [5, 5.41) is 13.2. The highest BCUT2D eigenvalue weighted by atomic mass is 32.1. The fourth-order valence-corrected chi connectivity index (χ4v) is 3.90. The zero-order valence-electron chi connectivity index (χ0n) is 18.4. The van der Waals surface area contributed by atoms with Gasteiger partial charge in [0.15, 0.2) is 6.23 Å². The van der Waals surface area contributed by atoms with Crippen molar-refractivity contribution < 1.29 is 19.3 Å². The van der Waals surface area contributed by atoms with Crippen LogP contribution in [0.3, 0.4) is 0 Å². The van der Waals surface area contributed by atoms with Gasteiger partial charge in [0.1, 0.15) is 23.0 Å². The largest absolute Gasteiger partial charge is 0.386 e. The van der Waals surface area contributed by atoms with Crippen LogP contribution in [0.5, 0.6) is 0 Å². The van der Waals surface area contributed by atoms with Crippen molar-refractivity contribution in [1.82, 2.24) is 4.57 Å². The van der Waals surface area contributed by atoms with Gasteiger partial charge in [-0.25, -0.2) is 0 Å². The van der Waals surface area contributed by atoms with E-state index in [9.17, 15) is 5.11 Å². The van der Waals surface area contributed by atoms with Gasteiger partial charge >= 0.3 is 0 Å². The molecule has 0 amide bonds. The highest BCUT2D eigenvalue weighted by Crippen LogP contribution is 2.35. The topological polar surface area (TPSA) is 52.9 Å². The molecule has 1 N–H and O–H groups in total. The van der Waals surface area contributed by atoms with E-state index in [0.29, 0.717) is 11.2 Å². The van der Waals surface area contributed by atoms with E-state index in [-0.39, 0.29) is 5.60 Å². The number of aryl methyl sites for hydroxylation is 1. The van der Waals surface area contributed by atoms with Crippen molar-refractivity contribution in [3.8, 4) is 0 Å². The predicted octanol–water partition coefficient (Wildman–Crippen LogP) is 4.94. The molecule has 4 atom stereocenters. The molecule has 5 nitrogen and oxygen atoms in total. The number of aliphatic hydroxyl groups is 1. The first-order chi connectivity index (χ1) is 13.4. The Hall–Kier alpha value is -1.31. The lowest BCUT2D eigenvalue weighted by atomic mass is 10.1.